The molecule has 0 radical (unpaired) electrons. The first-order valence-corrected chi connectivity index (χ1v) is 43.1. The summed E-state index contributed by atoms with van der Waals surface area (Å²) in [6.45, 7) is 11.6. The molecule has 2 aromatic rings. The van der Waals surface area contributed by atoms with Crippen LogP contribution in [0.15, 0.2) is 54.6 Å². The van der Waals surface area contributed by atoms with Crippen molar-refractivity contribution in [1.29, 1.82) is 16.2 Å². The number of carboxylic acid groups (broad SMARTS) is 1. The van der Waals surface area contributed by atoms with Crippen molar-refractivity contribution in [3.05, 3.63) is 65.7 Å². The molecule has 1 aliphatic rings. The molecule has 30 N–H and O–H groups in total. The Morgan fingerprint density at radius 1 is 0.545 bits per heavy atom. The Balaban J connectivity index is 2.17. The minimum absolute atomic E-state index is 0.00209. The van der Waals surface area contributed by atoms with Gasteiger partial charge in [-0.25, -0.2) is 0 Å². The van der Waals surface area contributed by atoms with Crippen molar-refractivity contribution < 1.29 is 86.9 Å². The Morgan fingerprint density at radius 3 is 1.55 bits per heavy atom. The lowest BCUT2D eigenvalue weighted by Crippen LogP contribution is -2.62. The smallest absolute Gasteiger partial charge is 0.305 e. The molecule has 0 aliphatic carbocycles. The van der Waals surface area contributed by atoms with Crippen molar-refractivity contribution >= 4 is 137 Å². The number of nitrogens with one attached hydrogen (secondary N) is 20. The molecule has 1 fully saturated rings. The van der Waals surface area contributed by atoms with E-state index < -0.39 is 217 Å². The maximum Gasteiger partial charge on any atom is 0.305 e. The van der Waals surface area contributed by atoms with Crippen LogP contribution < -0.4 is 113 Å². The van der Waals surface area contributed by atoms with Gasteiger partial charge in [0.1, 0.15) is 84.3 Å². The Labute approximate surface area is 725 Å². The van der Waals surface area contributed by atoms with Crippen molar-refractivity contribution in [2.24, 2.45) is 40.7 Å². The second-order valence-corrected chi connectivity index (χ2v) is 31.9. The predicted octanol–water partition coefficient (Wildman–Crippen LogP) is -3.85. The fourth-order valence-corrected chi connectivity index (χ4v) is 13.5. The van der Waals surface area contributed by atoms with E-state index in [2.05, 4.69) is 103 Å². The van der Waals surface area contributed by atoms with Gasteiger partial charge in [0.05, 0.1) is 6.42 Å². The van der Waals surface area contributed by atoms with Crippen LogP contribution in [0, 0.1) is 34.0 Å². The Morgan fingerprint density at radius 2 is 1.02 bits per heavy atom. The number of phenols is 1. The molecule has 684 valence electrons. The Kier molecular flexibility index (Phi) is 48.1. The lowest BCUT2D eigenvalue weighted by Gasteiger charge is -2.31. The summed E-state index contributed by atoms with van der Waals surface area (Å²) in [7, 11) is 0. The Hall–Kier alpha value is -11.7. The molecular weight excluding hydrogens is 1640 g/mol. The number of thioether (sulfide) groups is 1. The normalized spacial score (nSPS) is 18.6. The number of carboxylic acids is 1. The van der Waals surface area contributed by atoms with Crippen molar-refractivity contribution in [1.82, 2.24) is 90.4 Å². The summed E-state index contributed by atoms with van der Waals surface area (Å²) in [6.07, 6.45) is -0.325. The first-order chi connectivity index (χ1) is 58.2. The van der Waals surface area contributed by atoms with Crippen LogP contribution in [0.1, 0.15) is 162 Å². The zero-order valence-electron chi connectivity index (χ0n) is 71.0. The number of hydrogen-bond donors (Lipinski definition) is 27. The lowest BCUT2D eigenvalue weighted by atomic mass is 9.94. The molecule has 2 aromatic carbocycles. The number of aliphatic carboxylic acids is 1. The number of carbonyl (C=O) groups is 16. The number of hydrogen-bond acceptors (Lipinski definition) is 22. The molecule has 0 saturated carbocycles. The minimum atomic E-state index is -2.08. The van der Waals surface area contributed by atoms with E-state index in [9.17, 15) is 72.5 Å². The van der Waals surface area contributed by atoms with E-state index in [4.69, 9.17) is 39.2 Å². The molecule has 1 heterocycles. The van der Waals surface area contributed by atoms with Gasteiger partial charge in [0.15, 0.2) is 17.9 Å². The molecule has 0 unspecified atom stereocenters. The van der Waals surface area contributed by atoms with Crippen molar-refractivity contribution in [3.8, 4) is 5.75 Å². The summed E-state index contributed by atoms with van der Waals surface area (Å²) in [5.74, 6) is -18.2. The summed E-state index contributed by atoms with van der Waals surface area (Å²) in [4.78, 5) is 227. The molecule has 15 amide bonds. The fraction of sp³-hybridized carbons (Fsp3) is 0.608. The predicted molar refractivity (Wildman–Crippen MR) is 463 cm³/mol. The number of phenolic OH excluding ortho intramolecular Hbond substituents is 1. The highest BCUT2D eigenvalue weighted by Crippen LogP contribution is 2.19. The van der Waals surface area contributed by atoms with Crippen LogP contribution in [0.5, 0.6) is 5.75 Å². The molecular formula is C79H128N24O18S2. The summed E-state index contributed by atoms with van der Waals surface area (Å²) in [5.41, 5.74) is 22.8. The maximum absolute atomic E-state index is 15.2. The topological polar surface area (TPSA) is 694 Å². The first kappa shape index (κ1) is 105. The molecule has 42 nitrogen and oxygen atoms in total. The average molecular weight is 1770 g/mol. The van der Waals surface area contributed by atoms with Crippen LogP contribution in [0.4, 0.5) is 0 Å². The standard InChI is InChI=1S/C79H128N24O18S2/c1-9-43(5)62(103-76(121)63(44(6)10-2)102-69(114)50(91-45(7)104)23-17-34-89-78(83)84)75(120)100-57(39-47-25-27-48(105)28-26-47)72(117)99-58(40-61(107)108)73(118)94-52(24-18-35-90-79(85)86)65(110)95-53-29-30-60(106)87-32-15-14-21-51(66(111)101-59(41-122)74(119)92-49(64(80)109)22-16-33-88-77(81)82)93-68(113)54(31-36-123-8)96-70(115)55(37-42(3)4)97-71(116)56(98-67(53)112)38-46-19-12-11-13-20-46/h11-13,19-20,25-28,42-44,49-59,62-63,105,122H,9-10,14-18,21-24,29-41H2,1-8H3,(H2,80,109)(H,87,106)(H,91,104)(H,92,119)(H,93,113)(H,94,118)(H,95,110)(H,96,115)(H,97,116)(H,98,112)(H,99,117)(H,100,120)(H,101,111)(H,102,114)(H,103,121)(H,107,108)(H4,81,82,88)(H4,83,84,89)(H4,85,86,90)/t43-,44-,49-,50-,51-,52-,53-,54-,55-,56-,57-,58-,59-,62-,63-/m0/s1. The van der Waals surface area contributed by atoms with E-state index in [1.165, 1.54) is 43.0 Å². The van der Waals surface area contributed by atoms with Crippen LogP contribution in [-0.4, -0.2) is 245 Å². The van der Waals surface area contributed by atoms with Crippen LogP contribution in [-0.2, 0) is 89.6 Å². The molecule has 1 aliphatic heterocycles. The molecule has 0 aromatic heterocycles. The Bertz CT molecular complexity index is 3910. The third-order valence-electron chi connectivity index (χ3n) is 20.0. The number of nitrogens with two attached hydrogens (primary N) is 4. The van der Waals surface area contributed by atoms with E-state index in [1.54, 1.807) is 78.1 Å². The molecule has 0 spiro atoms. The molecule has 15 atom stereocenters. The van der Waals surface area contributed by atoms with Crippen LogP contribution in [0.2, 0.25) is 0 Å². The summed E-state index contributed by atoms with van der Waals surface area (Å²) < 4.78 is 0. The van der Waals surface area contributed by atoms with Gasteiger partial charge in [-0.1, -0.05) is 96.8 Å². The molecule has 1 saturated heterocycles. The number of benzene rings is 2. The zero-order valence-corrected chi connectivity index (χ0v) is 72.7. The van der Waals surface area contributed by atoms with Gasteiger partial charge in [0.2, 0.25) is 88.6 Å². The fourth-order valence-electron chi connectivity index (χ4n) is 12.8. The third kappa shape index (κ3) is 40.7. The maximum atomic E-state index is 15.2. The highest BCUT2D eigenvalue weighted by Gasteiger charge is 2.40. The number of primary amides is 1. The zero-order chi connectivity index (χ0) is 92.0. The van der Waals surface area contributed by atoms with E-state index in [0.717, 1.165) is 0 Å². The third-order valence-corrected chi connectivity index (χ3v) is 21.0. The molecule has 44 heteroatoms. The summed E-state index contributed by atoms with van der Waals surface area (Å²) in [5, 5.41) is 87.8. The van der Waals surface area contributed by atoms with Gasteiger partial charge in [-0.15, -0.1) is 0 Å². The molecule has 123 heavy (non-hydrogen) atoms. The number of thiol groups is 1. The van der Waals surface area contributed by atoms with Gasteiger partial charge in [-0.3, -0.25) is 92.9 Å². The lowest BCUT2D eigenvalue weighted by molar-refractivity contribution is -0.142. The van der Waals surface area contributed by atoms with Gasteiger partial charge >= 0.3 is 5.97 Å². The summed E-state index contributed by atoms with van der Waals surface area (Å²) in [6, 6.07) is -5.92. The quantitative estimate of drug-likeness (QED) is 0.0131. The van der Waals surface area contributed by atoms with Crippen LogP contribution >= 0.6 is 24.4 Å². The molecule has 3 rings (SSSR count). The van der Waals surface area contributed by atoms with E-state index in [-0.39, 0.29) is 139 Å². The van der Waals surface area contributed by atoms with Crippen molar-refractivity contribution in [2.75, 3.05) is 43.9 Å². The van der Waals surface area contributed by atoms with E-state index in [0.29, 0.717) is 23.3 Å². The highest BCUT2D eigenvalue weighted by molar-refractivity contribution is 7.98. The number of carbonyl (C=O) groups excluding carboxylic acids is 15. The second kappa shape index (κ2) is 56.0. The van der Waals surface area contributed by atoms with Crippen LogP contribution in [0.25, 0.3) is 0 Å². The minimum Gasteiger partial charge on any atom is -0.508 e. The highest BCUT2D eigenvalue weighted by atomic mass is 32.2. The van der Waals surface area contributed by atoms with Gasteiger partial charge in [-0.2, -0.15) is 24.4 Å². The van der Waals surface area contributed by atoms with Crippen molar-refractivity contribution in [3.63, 3.8) is 0 Å². The first-order valence-electron chi connectivity index (χ1n) is 41.1. The van der Waals surface area contributed by atoms with Gasteiger partial charge < -0.3 is 124 Å². The summed E-state index contributed by atoms with van der Waals surface area (Å²) >= 11 is 5.62. The van der Waals surface area contributed by atoms with Crippen molar-refractivity contribution in [2.45, 2.75) is 243 Å². The van der Waals surface area contributed by atoms with E-state index in [1.807, 2.05) is 0 Å². The van der Waals surface area contributed by atoms with Gasteiger partial charge in [0, 0.05) is 58.1 Å². The van der Waals surface area contributed by atoms with Gasteiger partial charge in [-0.05, 0) is 130 Å². The number of rotatable bonds is 46. The largest absolute Gasteiger partial charge is 0.508 e. The number of guanidine groups is 3. The van der Waals surface area contributed by atoms with E-state index >= 15 is 14.4 Å². The van der Waals surface area contributed by atoms with Crippen LogP contribution in [0.3, 0.4) is 0 Å². The number of aromatic hydroxyl groups is 1. The number of amides is 15. The molecule has 0 bridgehead atoms. The monoisotopic (exact) mass is 1760 g/mol. The average Bonchev–Trinajstić information content (AvgIpc) is 0.920. The van der Waals surface area contributed by atoms with Gasteiger partial charge in [0.25, 0.3) is 0 Å². The second-order valence-electron chi connectivity index (χ2n) is 30.6. The SMILES string of the molecule is CC[C@H](C)[C@H](NC(=O)[C@H](CCCNC(=N)N)NC(C)=O)C(=O)N[C@H](C(=O)N[C@@H](Cc1ccc(O)cc1)C(=O)N[C@@H](CC(=O)O)C(=O)N[C@@H](CCCNC(=N)N)C(=O)N[C@H]1CCC(=O)NCCCC[C@@H](C(=O)N[C@@H](CS)C(=O)N[C@@H](CCCNC(=N)N)C(N)=O)NC(=O)[C@H](CCSC)NC(=O)[C@H](CC(C)C)NC(=O)[C@H](Cc2ccccc2)NC1=O)[C@@H](C)CC.